The highest BCUT2D eigenvalue weighted by molar-refractivity contribution is 5.77. The van der Waals surface area contributed by atoms with E-state index in [1.807, 2.05) is 37.4 Å². The third kappa shape index (κ3) is 4.65. The SMILES string of the molecule is CCCCCC(=O)N(C)C(c1ccccc1)c1ccc(F)cc1. The highest BCUT2D eigenvalue weighted by Crippen LogP contribution is 2.28. The molecule has 0 saturated carbocycles. The van der Waals surface area contributed by atoms with Crippen molar-refractivity contribution in [2.45, 2.75) is 38.6 Å². The molecule has 122 valence electrons. The van der Waals surface area contributed by atoms with E-state index in [0.717, 1.165) is 30.4 Å². The lowest BCUT2D eigenvalue weighted by molar-refractivity contribution is -0.131. The standard InChI is InChI=1S/C20H24FNO/c1-3-4-6-11-19(23)22(2)20(16-9-7-5-8-10-16)17-12-14-18(21)15-13-17/h5,7-10,12-15,20H,3-4,6,11H2,1-2H3. The first-order valence-corrected chi connectivity index (χ1v) is 8.19. The molecule has 0 aliphatic carbocycles. The molecule has 0 aromatic heterocycles. The minimum atomic E-state index is -0.266. The van der Waals surface area contributed by atoms with Gasteiger partial charge in [0.25, 0.3) is 0 Å². The van der Waals surface area contributed by atoms with Crippen LogP contribution in [0.2, 0.25) is 0 Å². The summed E-state index contributed by atoms with van der Waals surface area (Å²) in [5.41, 5.74) is 1.95. The first kappa shape index (κ1) is 17.2. The number of hydrogen-bond donors (Lipinski definition) is 0. The van der Waals surface area contributed by atoms with Gasteiger partial charge < -0.3 is 4.90 Å². The van der Waals surface area contributed by atoms with Gasteiger partial charge in [-0.2, -0.15) is 0 Å². The minimum absolute atomic E-state index is 0.122. The monoisotopic (exact) mass is 313 g/mol. The van der Waals surface area contributed by atoms with Crippen molar-refractivity contribution < 1.29 is 9.18 Å². The molecule has 23 heavy (non-hydrogen) atoms. The van der Waals surface area contributed by atoms with E-state index in [9.17, 15) is 9.18 Å². The molecule has 0 saturated heterocycles. The maximum atomic E-state index is 13.2. The smallest absolute Gasteiger partial charge is 0.223 e. The molecule has 2 nitrogen and oxygen atoms in total. The molecular weight excluding hydrogens is 289 g/mol. The summed E-state index contributed by atoms with van der Waals surface area (Å²) in [5.74, 6) is -0.144. The summed E-state index contributed by atoms with van der Waals surface area (Å²) in [4.78, 5) is 14.3. The fourth-order valence-corrected chi connectivity index (χ4v) is 2.77. The molecule has 1 amide bonds. The quantitative estimate of drug-likeness (QED) is 0.662. The summed E-state index contributed by atoms with van der Waals surface area (Å²) in [6.07, 6.45) is 3.61. The Morgan fingerprint density at radius 3 is 2.22 bits per heavy atom. The molecule has 0 radical (unpaired) electrons. The molecule has 1 unspecified atom stereocenters. The van der Waals surface area contributed by atoms with Gasteiger partial charge in [0.1, 0.15) is 5.82 Å². The van der Waals surface area contributed by atoms with Crippen LogP contribution in [0, 0.1) is 5.82 Å². The van der Waals surface area contributed by atoms with Gasteiger partial charge >= 0.3 is 0 Å². The Morgan fingerprint density at radius 2 is 1.61 bits per heavy atom. The molecule has 2 rings (SSSR count). The van der Waals surface area contributed by atoms with Crippen LogP contribution >= 0.6 is 0 Å². The Kier molecular flexibility index (Phi) is 6.33. The van der Waals surface area contributed by atoms with Crippen LogP contribution in [-0.4, -0.2) is 17.9 Å². The predicted molar refractivity (Wildman–Crippen MR) is 91.6 cm³/mol. The average Bonchev–Trinajstić information content (AvgIpc) is 2.58. The van der Waals surface area contributed by atoms with Crippen LogP contribution in [0.1, 0.15) is 49.8 Å². The molecule has 0 fully saturated rings. The lowest BCUT2D eigenvalue weighted by Gasteiger charge is -2.29. The molecule has 0 spiro atoms. The van der Waals surface area contributed by atoms with Crippen molar-refractivity contribution in [1.82, 2.24) is 4.90 Å². The third-order valence-corrected chi connectivity index (χ3v) is 4.08. The Morgan fingerprint density at radius 1 is 1.00 bits per heavy atom. The van der Waals surface area contributed by atoms with Crippen LogP contribution in [0.4, 0.5) is 4.39 Å². The Hall–Kier alpha value is -2.16. The first-order valence-electron chi connectivity index (χ1n) is 8.19. The van der Waals surface area contributed by atoms with Crippen LogP contribution < -0.4 is 0 Å². The summed E-state index contributed by atoms with van der Waals surface area (Å²) < 4.78 is 13.2. The number of benzene rings is 2. The molecule has 1 atom stereocenters. The second-order valence-corrected chi connectivity index (χ2v) is 5.83. The van der Waals surface area contributed by atoms with Crippen LogP contribution in [-0.2, 0) is 4.79 Å². The zero-order valence-corrected chi connectivity index (χ0v) is 13.8. The van der Waals surface area contributed by atoms with Crippen LogP contribution in [0.25, 0.3) is 0 Å². The second kappa shape index (κ2) is 8.47. The number of halogens is 1. The zero-order chi connectivity index (χ0) is 16.7. The summed E-state index contributed by atoms with van der Waals surface area (Å²) in [6.45, 7) is 2.12. The number of nitrogens with zero attached hydrogens (tertiary/aromatic N) is 1. The van der Waals surface area contributed by atoms with Crippen molar-refractivity contribution in [2.24, 2.45) is 0 Å². The van der Waals surface area contributed by atoms with Gasteiger partial charge in [-0.15, -0.1) is 0 Å². The molecule has 3 heteroatoms. The van der Waals surface area contributed by atoms with E-state index in [-0.39, 0.29) is 17.8 Å². The number of hydrogen-bond acceptors (Lipinski definition) is 1. The lowest BCUT2D eigenvalue weighted by atomic mass is 9.97. The molecule has 0 heterocycles. The van der Waals surface area contributed by atoms with Crippen molar-refractivity contribution in [2.75, 3.05) is 7.05 Å². The maximum absolute atomic E-state index is 13.2. The van der Waals surface area contributed by atoms with Crippen LogP contribution in [0.5, 0.6) is 0 Å². The second-order valence-electron chi connectivity index (χ2n) is 5.83. The number of unbranched alkanes of at least 4 members (excludes halogenated alkanes) is 2. The highest BCUT2D eigenvalue weighted by Gasteiger charge is 2.23. The normalized spacial score (nSPS) is 12.0. The van der Waals surface area contributed by atoms with E-state index in [2.05, 4.69) is 6.92 Å². The van der Waals surface area contributed by atoms with Crippen molar-refractivity contribution in [3.63, 3.8) is 0 Å². The van der Waals surface area contributed by atoms with Gasteiger partial charge in [0.05, 0.1) is 6.04 Å². The van der Waals surface area contributed by atoms with Crippen molar-refractivity contribution >= 4 is 5.91 Å². The first-order chi connectivity index (χ1) is 11.1. The van der Waals surface area contributed by atoms with Crippen LogP contribution in [0.15, 0.2) is 54.6 Å². The van der Waals surface area contributed by atoms with Gasteiger partial charge in [-0.3, -0.25) is 4.79 Å². The fraction of sp³-hybridized carbons (Fsp3) is 0.350. The van der Waals surface area contributed by atoms with Gasteiger partial charge in [-0.25, -0.2) is 4.39 Å². The minimum Gasteiger partial charge on any atom is -0.335 e. The number of carbonyl (C=O) groups excluding carboxylic acids is 1. The fourth-order valence-electron chi connectivity index (χ4n) is 2.77. The molecule has 0 bridgehead atoms. The van der Waals surface area contributed by atoms with Gasteiger partial charge in [0.15, 0.2) is 0 Å². The van der Waals surface area contributed by atoms with Crippen LogP contribution in [0.3, 0.4) is 0 Å². The summed E-state index contributed by atoms with van der Waals surface area (Å²) >= 11 is 0. The molecule has 2 aromatic rings. The van der Waals surface area contributed by atoms with E-state index in [4.69, 9.17) is 0 Å². The van der Waals surface area contributed by atoms with Crippen molar-refractivity contribution in [1.29, 1.82) is 0 Å². The van der Waals surface area contributed by atoms with Gasteiger partial charge in [-0.1, -0.05) is 62.2 Å². The Balaban J connectivity index is 2.26. The predicted octanol–water partition coefficient (Wildman–Crippen LogP) is 4.95. The number of amides is 1. The van der Waals surface area contributed by atoms with Gasteiger partial charge in [0, 0.05) is 13.5 Å². The Bertz CT molecular complexity index is 609. The van der Waals surface area contributed by atoms with Gasteiger partial charge in [-0.05, 0) is 29.7 Å². The number of carbonyl (C=O) groups is 1. The molecule has 0 N–H and O–H groups in total. The van der Waals surface area contributed by atoms with E-state index in [0.29, 0.717) is 6.42 Å². The summed E-state index contributed by atoms with van der Waals surface area (Å²) in [6, 6.07) is 16.1. The average molecular weight is 313 g/mol. The van der Waals surface area contributed by atoms with E-state index < -0.39 is 0 Å². The lowest BCUT2D eigenvalue weighted by Crippen LogP contribution is -2.31. The van der Waals surface area contributed by atoms with E-state index >= 15 is 0 Å². The topological polar surface area (TPSA) is 20.3 Å². The molecule has 0 aliphatic rings. The Labute approximate surface area is 137 Å². The summed E-state index contributed by atoms with van der Waals surface area (Å²) in [5, 5.41) is 0. The zero-order valence-electron chi connectivity index (χ0n) is 13.8. The molecule has 0 aliphatic heterocycles. The van der Waals surface area contributed by atoms with E-state index in [1.54, 1.807) is 17.0 Å². The number of rotatable bonds is 7. The maximum Gasteiger partial charge on any atom is 0.223 e. The largest absolute Gasteiger partial charge is 0.335 e. The molecule has 2 aromatic carbocycles. The van der Waals surface area contributed by atoms with Gasteiger partial charge in [0.2, 0.25) is 5.91 Å². The highest BCUT2D eigenvalue weighted by atomic mass is 19.1. The van der Waals surface area contributed by atoms with E-state index in [1.165, 1.54) is 12.1 Å². The molecular formula is C20H24FNO. The van der Waals surface area contributed by atoms with Crippen molar-refractivity contribution in [3.05, 3.63) is 71.5 Å². The van der Waals surface area contributed by atoms with Crippen molar-refractivity contribution in [3.8, 4) is 0 Å². The summed E-state index contributed by atoms with van der Waals surface area (Å²) in [7, 11) is 1.83. The third-order valence-electron chi connectivity index (χ3n) is 4.08.